The Morgan fingerprint density at radius 3 is 2.54 bits per heavy atom. The predicted octanol–water partition coefficient (Wildman–Crippen LogP) is 4.57. The standard InChI is InChI=1S/C19H17F2N3/c20-13-8-10-14(11-9-13)24-19-16(6-3-4-12-22-19)18(23-24)15-5-1-2-7-17(15)21/h1-2,5,7-11,22H,3-4,6,12H2. The first-order chi connectivity index (χ1) is 11.7. The molecule has 0 fully saturated rings. The fourth-order valence-electron chi connectivity index (χ4n) is 3.14. The van der Waals surface area contributed by atoms with Crippen LogP contribution < -0.4 is 5.32 Å². The van der Waals surface area contributed by atoms with Gasteiger partial charge in [-0.15, -0.1) is 0 Å². The van der Waals surface area contributed by atoms with Crippen molar-refractivity contribution in [3.8, 4) is 16.9 Å². The SMILES string of the molecule is Fc1ccc(-n2nc(-c3ccccc3F)c3c2NCCCC3)cc1. The van der Waals surface area contributed by atoms with Gasteiger partial charge in [0.05, 0.1) is 5.69 Å². The minimum Gasteiger partial charge on any atom is -0.370 e. The van der Waals surface area contributed by atoms with Crippen molar-refractivity contribution >= 4 is 5.82 Å². The van der Waals surface area contributed by atoms with Gasteiger partial charge in [0.2, 0.25) is 0 Å². The molecule has 1 aliphatic heterocycles. The number of hydrogen-bond acceptors (Lipinski definition) is 2. The van der Waals surface area contributed by atoms with Crippen molar-refractivity contribution in [2.75, 3.05) is 11.9 Å². The monoisotopic (exact) mass is 325 g/mol. The van der Waals surface area contributed by atoms with Crippen LogP contribution in [0, 0.1) is 11.6 Å². The Balaban J connectivity index is 1.92. The number of fused-ring (bicyclic) bond motifs is 1. The highest BCUT2D eigenvalue weighted by Crippen LogP contribution is 2.34. The van der Waals surface area contributed by atoms with Crippen molar-refractivity contribution in [3.05, 3.63) is 65.7 Å². The van der Waals surface area contributed by atoms with E-state index in [9.17, 15) is 8.78 Å². The molecule has 0 amide bonds. The lowest BCUT2D eigenvalue weighted by molar-refractivity contribution is 0.627. The zero-order valence-corrected chi connectivity index (χ0v) is 13.1. The number of benzene rings is 2. The molecule has 0 saturated carbocycles. The van der Waals surface area contributed by atoms with E-state index in [1.54, 1.807) is 28.9 Å². The second kappa shape index (κ2) is 6.07. The van der Waals surface area contributed by atoms with E-state index in [0.29, 0.717) is 11.3 Å². The molecule has 4 rings (SSSR count). The summed E-state index contributed by atoms with van der Waals surface area (Å²) in [5, 5.41) is 8.06. The van der Waals surface area contributed by atoms with E-state index in [4.69, 9.17) is 0 Å². The summed E-state index contributed by atoms with van der Waals surface area (Å²) in [6, 6.07) is 12.9. The van der Waals surface area contributed by atoms with Crippen LogP contribution in [0.4, 0.5) is 14.6 Å². The molecular weight excluding hydrogens is 308 g/mol. The first kappa shape index (κ1) is 14.9. The van der Waals surface area contributed by atoms with Crippen LogP contribution in [0.15, 0.2) is 48.5 Å². The van der Waals surface area contributed by atoms with E-state index < -0.39 is 0 Å². The van der Waals surface area contributed by atoms with E-state index in [1.165, 1.54) is 18.2 Å². The highest BCUT2D eigenvalue weighted by molar-refractivity contribution is 5.71. The van der Waals surface area contributed by atoms with E-state index in [2.05, 4.69) is 10.4 Å². The Hall–Kier alpha value is -2.69. The van der Waals surface area contributed by atoms with Crippen LogP contribution in [0.5, 0.6) is 0 Å². The average molecular weight is 325 g/mol. The van der Waals surface area contributed by atoms with Gasteiger partial charge >= 0.3 is 0 Å². The number of aromatic nitrogens is 2. The maximum Gasteiger partial charge on any atom is 0.133 e. The van der Waals surface area contributed by atoms with Crippen molar-refractivity contribution in [2.24, 2.45) is 0 Å². The fraction of sp³-hybridized carbons (Fsp3) is 0.211. The molecule has 0 aliphatic carbocycles. The number of halogens is 2. The Kier molecular flexibility index (Phi) is 3.76. The largest absolute Gasteiger partial charge is 0.370 e. The lowest BCUT2D eigenvalue weighted by atomic mass is 10.0. The summed E-state index contributed by atoms with van der Waals surface area (Å²) in [5.74, 6) is 0.296. The summed E-state index contributed by atoms with van der Waals surface area (Å²) in [4.78, 5) is 0. The first-order valence-electron chi connectivity index (χ1n) is 8.10. The Labute approximate surface area is 138 Å². The molecule has 5 heteroatoms. The van der Waals surface area contributed by atoms with Crippen molar-refractivity contribution in [1.29, 1.82) is 0 Å². The highest BCUT2D eigenvalue weighted by Gasteiger charge is 2.23. The summed E-state index contributed by atoms with van der Waals surface area (Å²) in [5.41, 5.74) is 2.92. The third-order valence-corrected chi connectivity index (χ3v) is 4.33. The van der Waals surface area contributed by atoms with E-state index in [0.717, 1.165) is 42.9 Å². The smallest absolute Gasteiger partial charge is 0.133 e. The van der Waals surface area contributed by atoms with Gasteiger partial charge in [0, 0.05) is 17.7 Å². The summed E-state index contributed by atoms with van der Waals surface area (Å²) in [6.07, 6.45) is 2.92. The van der Waals surface area contributed by atoms with Crippen molar-refractivity contribution in [2.45, 2.75) is 19.3 Å². The summed E-state index contributed by atoms with van der Waals surface area (Å²) >= 11 is 0. The van der Waals surface area contributed by atoms with Crippen LogP contribution in [-0.4, -0.2) is 16.3 Å². The molecule has 0 spiro atoms. The predicted molar refractivity (Wildman–Crippen MR) is 90.3 cm³/mol. The number of rotatable bonds is 2. The van der Waals surface area contributed by atoms with Gasteiger partial charge in [-0.3, -0.25) is 0 Å². The number of nitrogens with zero attached hydrogens (tertiary/aromatic N) is 2. The third kappa shape index (κ3) is 2.56. The topological polar surface area (TPSA) is 29.9 Å². The molecule has 2 heterocycles. The van der Waals surface area contributed by atoms with Gasteiger partial charge < -0.3 is 5.32 Å². The summed E-state index contributed by atoms with van der Waals surface area (Å²) < 4.78 is 29.3. The molecule has 2 aromatic carbocycles. The fourth-order valence-corrected chi connectivity index (χ4v) is 3.14. The molecule has 1 aliphatic rings. The number of nitrogens with one attached hydrogen (secondary N) is 1. The van der Waals surface area contributed by atoms with Crippen molar-refractivity contribution in [1.82, 2.24) is 9.78 Å². The zero-order valence-electron chi connectivity index (χ0n) is 13.1. The zero-order chi connectivity index (χ0) is 16.5. The highest BCUT2D eigenvalue weighted by atomic mass is 19.1. The molecule has 1 N–H and O–H groups in total. The second-order valence-electron chi connectivity index (χ2n) is 5.93. The molecule has 1 aromatic heterocycles. The van der Waals surface area contributed by atoms with Crippen LogP contribution >= 0.6 is 0 Å². The normalized spacial score (nSPS) is 13.9. The quantitative estimate of drug-likeness (QED) is 0.748. The molecule has 0 saturated heterocycles. The van der Waals surface area contributed by atoms with Gasteiger partial charge in [-0.2, -0.15) is 5.10 Å². The molecule has 24 heavy (non-hydrogen) atoms. The Morgan fingerprint density at radius 1 is 0.958 bits per heavy atom. The molecule has 0 radical (unpaired) electrons. The van der Waals surface area contributed by atoms with Crippen molar-refractivity contribution < 1.29 is 8.78 Å². The van der Waals surface area contributed by atoms with E-state index in [1.807, 2.05) is 6.07 Å². The van der Waals surface area contributed by atoms with Crippen LogP contribution in [-0.2, 0) is 6.42 Å². The average Bonchev–Trinajstić information content (AvgIpc) is 2.78. The van der Waals surface area contributed by atoms with Crippen LogP contribution in [0.25, 0.3) is 16.9 Å². The van der Waals surface area contributed by atoms with Gasteiger partial charge in [0.25, 0.3) is 0 Å². The van der Waals surface area contributed by atoms with Gasteiger partial charge in [-0.1, -0.05) is 12.1 Å². The molecule has 3 aromatic rings. The van der Waals surface area contributed by atoms with E-state index in [-0.39, 0.29) is 11.6 Å². The second-order valence-corrected chi connectivity index (χ2v) is 5.93. The molecule has 0 unspecified atom stereocenters. The molecule has 122 valence electrons. The van der Waals surface area contributed by atoms with Crippen LogP contribution in [0.1, 0.15) is 18.4 Å². The summed E-state index contributed by atoms with van der Waals surface area (Å²) in [7, 11) is 0. The van der Waals surface area contributed by atoms with Crippen molar-refractivity contribution in [3.63, 3.8) is 0 Å². The van der Waals surface area contributed by atoms with Gasteiger partial charge in [-0.25, -0.2) is 13.5 Å². The minimum absolute atomic E-state index is 0.284. The molecule has 0 atom stereocenters. The lowest BCUT2D eigenvalue weighted by Crippen LogP contribution is -2.07. The van der Waals surface area contributed by atoms with E-state index >= 15 is 0 Å². The first-order valence-corrected chi connectivity index (χ1v) is 8.10. The Morgan fingerprint density at radius 2 is 1.75 bits per heavy atom. The molecule has 3 nitrogen and oxygen atoms in total. The third-order valence-electron chi connectivity index (χ3n) is 4.33. The number of hydrogen-bond donors (Lipinski definition) is 1. The van der Waals surface area contributed by atoms with Gasteiger partial charge in [0.1, 0.15) is 23.1 Å². The Bertz CT molecular complexity index is 869. The van der Waals surface area contributed by atoms with Crippen LogP contribution in [0.2, 0.25) is 0 Å². The maximum atomic E-state index is 14.3. The van der Waals surface area contributed by atoms with Gasteiger partial charge in [-0.05, 0) is 55.7 Å². The maximum absolute atomic E-state index is 14.3. The number of anilines is 1. The van der Waals surface area contributed by atoms with Crippen LogP contribution in [0.3, 0.4) is 0 Å². The lowest BCUT2D eigenvalue weighted by Gasteiger charge is -2.09. The molecular formula is C19H17F2N3. The van der Waals surface area contributed by atoms with Gasteiger partial charge in [0.15, 0.2) is 0 Å². The summed E-state index contributed by atoms with van der Waals surface area (Å²) in [6.45, 7) is 0.844. The minimum atomic E-state index is -0.292. The molecule has 0 bridgehead atoms.